The number of esters is 1. The van der Waals surface area contributed by atoms with E-state index in [1.165, 1.54) is 77.0 Å². The van der Waals surface area contributed by atoms with Gasteiger partial charge in [0, 0.05) is 19.0 Å². The van der Waals surface area contributed by atoms with Crippen molar-refractivity contribution < 1.29 is 22.5 Å². The van der Waals surface area contributed by atoms with Crippen LogP contribution in [0.3, 0.4) is 0 Å². The molecule has 0 spiro atoms. The van der Waals surface area contributed by atoms with Gasteiger partial charge in [0.2, 0.25) is 0 Å². The fraction of sp³-hybridized carbons (Fsp3) is 0.962. The maximum absolute atomic E-state index is 12.2. The van der Waals surface area contributed by atoms with Crippen LogP contribution in [0.5, 0.6) is 0 Å². The monoisotopic (exact) mass is 488 g/mol. The predicted octanol–water partition coefficient (Wildman–Crippen LogP) is 6.24. The second kappa shape index (κ2) is 19.6. The van der Waals surface area contributed by atoms with E-state index in [4.69, 9.17) is 4.74 Å². The lowest BCUT2D eigenvalue weighted by atomic mass is 9.95. The Morgan fingerprint density at radius 3 is 1.82 bits per heavy atom. The summed E-state index contributed by atoms with van der Waals surface area (Å²) in [5, 5.41) is 3.29. The Balaban J connectivity index is 2.04. The van der Waals surface area contributed by atoms with E-state index in [0.29, 0.717) is 6.04 Å². The number of carbonyl (C=O) groups excluding carboxylic acids is 1. The van der Waals surface area contributed by atoms with Gasteiger partial charge in [-0.15, -0.1) is 0 Å². The van der Waals surface area contributed by atoms with Crippen LogP contribution >= 0.6 is 0 Å². The summed E-state index contributed by atoms with van der Waals surface area (Å²) in [6.45, 7) is 2.49. The van der Waals surface area contributed by atoms with E-state index in [2.05, 4.69) is 12.2 Å². The highest BCUT2D eigenvalue weighted by molar-refractivity contribution is 7.85. The Labute approximate surface area is 203 Å². The third kappa shape index (κ3) is 19.3. The van der Waals surface area contributed by atoms with Crippen LogP contribution in [0, 0.1) is 0 Å². The highest BCUT2D eigenvalue weighted by Gasteiger charge is 2.20. The van der Waals surface area contributed by atoms with Gasteiger partial charge in [-0.1, -0.05) is 110 Å². The summed E-state index contributed by atoms with van der Waals surface area (Å²) in [6, 6.07) is 0.320. The average molecular weight is 489 g/mol. The predicted molar refractivity (Wildman–Crippen MR) is 134 cm³/mol. The van der Waals surface area contributed by atoms with Crippen LogP contribution in [0.1, 0.15) is 135 Å². The average Bonchev–Trinajstić information content (AvgIpc) is 2.77. The second-order valence-electron chi connectivity index (χ2n) is 9.93. The Kier molecular flexibility index (Phi) is 18.1. The summed E-state index contributed by atoms with van der Waals surface area (Å²) in [5.41, 5.74) is 0. The van der Waals surface area contributed by atoms with Gasteiger partial charge in [-0.25, -0.2) is 8.42 Å². The van der Waals surface area contributed by atoms with Crippen molar-refractivity contribution in [2.24, 2.45) is 0 Å². The molecule has 0 aromatic carbocycles. The molecule has 0 aromatic rings. The lowest BCUT2D eigenvalue weighted by Gasteiger charge is -2.26. The molecule has 1 N–H and O–H groups in total. The molecule has 0 amide bonds. The molecule has 0 bridgehead atoms. The van der Waals surface area contributed by atoms with Crippen molar-refractivity contribution in [2.75, 3.05) is 12.3 Å². The zero-order valence-corrected chi connectivity index (χ0v) is 22.0. The molecule has 1 atom stereocenters. The Morgan fingerprint density at radius 2 is 1.33 bits per heavy atom. The first-order valence-corrected chi connectivity index (χ1v) is 15.3. The fourth-order valence-electron chi connectivity index (χ4n) is 4.68. The molecule has 0 radical (unpaired) electrons. The van der Waals surface area contributed by atoms with E-state index >= 15 is 0 Å². The van der Waals surface area contributed by atoms with Gasteiger partial charge in [0.25, 0.3) is 0 Å². The molecule has 196 valence electrons. The van der Waals surface area contributed by atoms with Gasteiger partial charge >= 0.3 is 5.97 Å². The Morgan fingerprint density at radius 1 is 0.848 bits per heavy atom. The molecule has 6 nitrogen and oxygen atoms in total. The molecule has 1 aliphatic rings. The van der Waals surface area contributed by atoms with Crippen LogP contribution in [0.15, 0.2) is 0 Å². The highest BCUT2D eigenvalue weighted by Crippen LogP contribution is 2.18. The van der Waals surface area contributed by atoms with Gasteiger partial charge in [-0.3, -0.25) is 4.79 Å². The molecule has 0 aliphatic heterocycles. The third-order valence-corrected chi connectivity index (χ3v) is 7.44. The Hall–Kier alpha value is -0.660. The first-order chi connectivity index (χ1) is 15.9. The molecule has 1 unspecified atom stereocenters. The van der Waals surface area contributed by atoms with Crippen LogP contribution in [0.2, 0.25) is 0 Å². The van der Waals surface area contributed by atoms with Crippen molar-refractivity contribution in [3.8, 4) is 0 Å². The van der Waals surface area contributed by atoms with E-state index in [-0.39, 0.29) is 13.0 Å². The van der Waals surface area contributed by atoms with Crippen LogP contribution in [0.25, 0.3) is 0 Å². The molecule has 1 rings (SSSR count). The fourth-order valence-corrected chi connectivity index (χ4v) is 5.32. The summed E-state index contributed by atoms with van der Waals surface area (Å²) in [5.74, 6) is -1.05. The SMILES string of the molecule is CCCCCCCCCCCCCCCCC(=O)OC(CNC1CCCCC1)CS(=O)(=O)[O-]. The zero-order valence-electron chi connectivity index (χ0n) is 21.2. The molecule has 33 heavy (non-hydrogen) atoms. The Bertz CT molecular complexity index is 575. The van der Waals surface area contributed by atoms with E-state index in [9.17, 15) is 17.8 Å². The van der Waals surface area contributed by atoms with Crippen LogP contribution in [-0.4, -0.2) is 43.4 Å². The van der Waals surface area contributed by atoms with Crippen molar-refractivity contribution in [1.82, 2.24) is 5.32 Å². The lowest BCUT2D eigenvalue weighted by Crippen LogP contribution is -2.41. The number of hydrogen-bond acceptors (Lipinski definition) is 6. The smallest absolute Gasteiger partial charge is 0.306 e. The van der Waals surface area contributed by atoms with Crippen LogP contribution < -0.4 is 5.32 Å². The summed E-state index contributed by atoms with van der Waals surface area (Å²) >= 11 is 0. The second-order valence-corrected chi connectivity index (χ2v) is 11.4. The minimum absolute atomic E-state index is 0.233. The van der Waals surface area contributed by atoms with Crippen molar-refractivity contribution in [1.29, 1.82) is 0 Å². The minimum atomic E-state index is -4.44. The number of ether oxygens (including phenoxy) is 1. The minimum Gasteiger partial charge on any atom is -0.748 e. The number of rotatable bonds is 21. The quantitative estimate of drug-likeness (QED) is 0.117. The normalized spacial score (nSPS) is 16.1. The van der Waals surface area contributed by atoms with Gasteiger partial charge < -0.3 is 14.6 Å². The zero-order chi connectivity index (χ0) is 24.2. The lowest BCUT2D eigenvalue weighted by molar-refractivity contribution is -0.148. The van der Waals surface area contributed by atoms with E-state index in [1.54, 1.807) is 0 Å². The summed E-state index contributed by atoms with van der Waals surface area (Å²) in [7, 11) is -4.44. The number of hydrogen-bond donors (Lipinski definition) is 1. The van der Waals surface area contributed by atoms with Crippen LogP contribution in [0.4, 0.5) is 0 Å². The highest BCUT2D eigenvalue weighted by atomic mass is 32.2. The largest absolute Gasteiger partial charge is 0.748 e. The van der Waals surface area contributed by atoms with Gasteiger partial charge in [0.1, 0.15) is 6.10 Å². The number of carbonyl (C=O) groups is 1. The molecule has 1 saturated carbocycles. The van der Waals surface area contributed by atoms with Crippen molar-refractivity contribution >= 4 is 16.1 Å². The summed E-state index contributed by atoms with van der Waals surface area (Å²) in [6.07, 6.45) is 22.5. The van der Waals surface area contributed by atoms with E-state index in [0.717, 1.165) is 44.9 Å². The van der Waals surface area contributed by atoms with E-state index in [1.807, 2.05) is 0 Å². The van der Waals surface area contributed by atoms with Gasteiger partial charge in [-0.05, 0) is 19.3 Å². The molecule has 1 fully saturated rings. The van der Waals surface area contributed by atoms with Crippen molar-refractivity contribution in [3.05, 3.63) is 0 Å². The molecule has 1 aliphatic carbocycles. The standard InChI is InChI=1S/C26H51NO5S/c1-2-3-4-5-6-7-8-9-10-11-12-13-14-18-21-26(28)32-25(23-33(29,30)31)22-27-24-19-16-15-17-20-24/h24-25,27H,2-23H2,1H3,(H,29,30,31)/p-1. The van der Waals surface area contributed by atoms with E-state index < -0.39 is 27.9 Å². The molecule has 0 aromatic heterocycles. The number of nitrogens with one attached hydrogen (secondary N) is 1. The van der Waals surface area contributed by atoms with Gasteiger partial charge in [0.05, 0.1) is 15.9 Å². The summed E-state index contributed by atoms with van der Waals surface area (Å²) < 4.78 is 38.9. The maximum Gasteiger partial charge on any atom is 0.306 e. The topological polar surface area (TPSA) is 95.5 Å². The van der Waals surface area contributed by atoms with Crippen molar-refractivity contribution in [3.63, 3.8) is 0 Å². The molecular weight excluding hydrogens is 438 g/mol. The van der Waals surface area contributed by atoms with Crippen LogP contribution in [-0.2, 0) is 19.6 Å². The van der Waals surface area contributed by atoms with Crippen molar-refractivity contribution in [2.45, 2.75) is 147 Å². The molecule has 0 saturated heterocycles. The third-order valence-electron chi connectivity index (χ3n) is 6.66. The maximum atomic E-state index is 12.2. The van der Waals surface area contributed by atoms with Gasteiger partial charge in [0.15, 0.2) is 0 Å². The molecular formula is C26H50NO5S-. The first kappa shape index (κ1) is 30.4. The van der Waals surface area contributed by atoms with Gasteiger partial charge in [-0.2, -0.15) is 0 Å². The number of unbranched alkanes of at least 4 members (excludes halogenated alkanes) is 13. The summed E-state index contributed by atoms with van der Waals surface area (Å²) in [4.78, 5) is 12.2. The molecule has 0 heterocycles. The first-order valence-electron chi connectivity index (χ1n) is 13.8. The molecule has 7 heteroatoms.